The van der Waals surface area contributed by atoms with Gasteiger partial charge in [0, 0.05) is 38.5 Å². The zero-order valence-corrected chi connectivity index (χ0v) is 15.9. The van der Waals surface area contributed by atoms with Crippen LogP contribution in [0.1, 0.15) is 16.7 Å². The van der Waals surface area contributed by atoms with Crippen LogP contribution in [-0.2, 0) is 13.1 Å². The second kappa shape index (κ2) is 9.50. The molecule has 6 heteroatoms. The molecule has 0 fully saturated rings. The highest BCUT2D eigenvalue weighted by Gasteiger charge is 2.03. The van der Waals surface area contributed by atoms with Crippen LogP contribution in [0, 0.1) is 12.7 Å². The highest BCUT2D eigenvalue weighted by atomic mass is 19.1. The summed E-state index contributed by atoms with van der Waals surface area (Å²) in [5.41, 5.74) is 3.44. The first-order valence-electron chi connectivity index (χ1n) is 9.01. The van der Waals surface area contributed by atoms with Crippen LogP contribution in [0.2, 0.25) is 0 Å². The van der Waals surface area contributed by atoms with Crippen LogP contribution < -0.4 is 15.4 Å². The molecule has 0 aliphatic rings. The number of aromatic nitrogens is 1. The Kier molecular flexibility index (Phi) is 6.57. The molecule has 0 saturated carbocycles. The lowest BCUT2D eigenvalue weighted by molar-refractivity contribution is 0.457. The van der Waals surface area contributed by atoms with Crippen LogP contribution in [0.5, 0.6) is 11.6 Å². The second-order valence-electron chi connectivity index (χ2n) is 6.27. The molecular weight excluding hydrogens is 355 g/mol. The predicted molar refractivity (Wildman–Crippen MR) is 109 cm³/mol. The molecule has 3 rings (SSSR count). The summed E-state index contributed by atoms with van der Waals surface area (Å²) in [5.74, 6) is 1.20. The zero-order valence-electron chi connectivity index (χ0n) is 15.9. The number of nitrogens with one attached hydrogen (secondary N) is 2. The summed E-state index contributed by atoms with van der Waals surface area (Å²) >= 11 is 0. The van der Waals surface area contributed by atoms with E-state index in [1.54, 1.807) is 31.4 Å². The lowest BCUT2D eigenvalue weighted by atomic mass is 10.1. The van der Waals surface area contributed by atoms with Crippen molar-refractivity contribution in [2.45, 2.75) is 20.0 Å². The number of hydrogen-bond acceptors (Lipinski definition) is 3. The fourth-order valence-corrected chi connectivity index (χ4v) is 2.62. The minimum absolute atomic E-state index is 0.345. The van der Waals surface area contributed by atoms with Crippen molar-refractivity contribution in [3.05, 3.63) is 89.4 Å². The molecule has 3 aromatic rings. The van der Waals surface area contributed by atoms with Gasteiger partial charge in [0.1, 0.15) is 11.6 Å². The summed E-state index contributed by atoms with van der Waals surface area (Å²) in [6.45, 7) is 3.36. The van der Waals surface area contributed by atoms with E-state index in [9.17, 15) is 4.39 Å². The molecule has 0 unspecified atom stereocenters. The fraction of sp³-hybridized carbons (Fsp3) is 0.182. The molecule has 0 atom stereocenters. The van der Waals surface area contributed by atoms with E-state index in [2.05, 4.69) is 39.7 Å². The van der Waals surface area contributed by atoms with Crippen molar-refractivity contribution >= 4 is 5.96 Å². The number of hydrogen-bond donors (Lipinski definition) is 2. The molecule has 2 aromatic carbocycles. The molecule has 0 bridgehead atoms. The van der Waals surface area contributed by atoms with E-state index in [0.29, 0.717) is 30.7 Å². The molecule has 0 aliphatic carbocycles. The van der Waals surface area contributed by atoms with Crippen LogP contribution in [0.15, 0.2) is 71.9 Å². The van der Waals surface area contributed by atoms with E-state index in [1.807, 2.05) is 18.2 Å². The van der Waals surface area contributed by atoms with Crippen molar-refractivity contribution in [3.63, 3.8) is 0 Å². The van der Waals surface area contributed by atoms with Gasteiger partial charge in [-0.1, -0.05) is 36.4 Å². The van der Waals surface area contributed by atoms with Gasteiger partial charge >= 0.3 is 0 Å². The molecule has 1 heterocycles. The molecule has 0 amide bonds. The number of guanidine groups is 1. The molecule has 144 valence electrons. The Labute approximate surface area is 164 Å². The third-order valence-electron chi connectivity index (χ3n) is 4.21. The smallest absolute Gasteiger partial charge is 0.219 e. The zero-order chi connectivity index (χ0) is 19.8. The van der Waals surface area contributed by atoms with Crippen molar-refractivity contribution < 1.29 is 9.13 Å². The predicted octanol–water partition coefficient (Wildman–Crippen LogP) is 4.19. The summed E-state index contributed by atoms with van der Waals surface area (Å²) in [5, 5.41) is 6.56. The van der Waals surface area contributed by atoms with Crippen molar-refractivity contribution in [1.29, 1.82) is 0 Å². The van der Waals surface area contributed by atoms with E-state index < -0.39 is 0 Å². The number of halogens is 1. The van der Waals surface area contributed by atoms with Crippen LogP contribution in [0.3, 0.4) is 0 Å². The van der Waals surface area contributed by atoms with Crippen molar-refractivity contribution in [2.75, 3.05) is 7.05 Å². The number of aryl methyl sites for hydroxylation is 1. The van der Waals surface area contributed by atoms with Gasteiger partial charge in [-0.05, 0) is 35.7 Å². The second-order valence-corrected chi connectivity index (χ2v) is 6.27. The van der Waals surface area contributed by atoms with Crippen LogP contribution >= 0.6 is 0 Å². The van der Waals surface area contributed by atoms with E-state index in [1.165, 1.54) is 23.3 Å². The first-order valence-corrected chi connectivity index (χ1v) is 9.01. The van der Waals surface area contributed by atoms with Gasteiger partial charge in [0.25, 0.3) is 0 Å². The monoisotopic (exact) mass is 378 g/mol. The van der Waals surface area contributed by atoms with Gasteiger partial charge in [0.15, 0.2) is 5.96 Å². The van der Waals surface area contributed by atoms with Crippen LogP contribution in [0.4, 0.5) is 4.39 Å². The third-order valence-corrected chi connectivity index (χ3v) is 4.21. The van der Waals surface area contributed by atoms with E-state index in [0.717, 1.165) is 5.56 Å². The Morgan fingerprint density at radius 2 is 1.86 bits per heavy atom. The number of nitrogens with zero attached hydrogens (tertiary/aromatic N) is 2. The molecule has 1 aromatic heterocycles. The Hall–Kier alpha value is -3.41. The quantitative estimate of drug-likeness (QED) is 0.499. The van der Waals surface area contributed by atoms with Crippen molar-refractivity contribution in [2.24, 2.45) is 4.99 Å². The maximum Gasteiger partial charge on any atom is 0.219 e. The van der Waals surface area contributed by atoms with Gasteiger partial charge in [-0.15, -0.1) is 0 Å². The van der Waals surface area contributed by atoms with E-state index in [4.69, 9.17) is 4.74 Å². The molecule has 0 aliphatic heterocycles. The van der Waals surface area contributed by atoms with Crippen LogP contribution in [0.25, 0.3) is 0 Å². The Bertz CT molecular complexity index is 941. The number of pyridine rings is 1. The minimum Gasteiger partial charge on any atom is -0.439 e. The largest absolute Gasteiger partial charge is 0.439 e. The van der Waals surface area contributed by atoms with Gasteiger partial charge in [-0.2, -0.15) is 0 Å². The lowest BCUT2D eigenvalue weighted by Gasteiger charge is -2.13. The molecule has 0 radical (unpaired) electrons. The Morgan fingerprint density at radius 1 is 1.04 bits per heavy atom. The maximum absolute atomic E-state index is 13.2. The Morgan fingerprint density at radius 3 is 2.57 bits per heavy atom. The third kappa shape index (κ3) is 5.54. The average Bonchev–Trinajstić information content (AvgIpc) is 2.70. The number of benzene rings is 2. The number of aliphatic imine (C=N–C) groups is 1. The van der Waals surface area contributed by atoms with Gasteiger partial charge < -0.3 is 15.4 Å². The normalized spacial score (nSPS) is 11.2. The van der Waals surface area contributed by atoms with Gasteiger partial charge in [0.2, 0.25) is 5.88 Å². The standard InChI is InChI=1S/C22H23FN4O/c1-16-6-3-4-7-18(16)15-27-22(24-2)26-14-17-10-11-21(25-13-17)28-20-9-5-8-19(23)12-20/h3-13H,14-15H2,1-2H3,(H2,24,26,27). The fourth-order valence-electron chi connectivity index (χ4n) is 2.62. The first-order chi connectivity index (χ1) is 13.6. The molecule has 0 spiro atoms. The highest BCUT2D eigenvalue weighted by molar-refractivity contribution is 5.79. The van der Waals surface area contributed by atoms with E-state index >= 15 is 0 Å². The van der Waals surface area contributed by atoms with E-state index in [-0.39, 0.29) is 5.82 Å². The van der Waals surface area contributed by atoms with Crippen molar-refractivity contribution in [3.8, 4) is 11.6 Å². The average molecular weight is 378 g/mol. The molecule has 5 nitrogen and oxygen atoms in total. The summed E-state index contributed by atoms with van der Waals surface area (Å²) in [7, 11) is 1.74. The lowest BCUT2D eigenvalue weighted by Crippen LogP contribution is -2.36. The van der Waals surface area contributed by atoms with Gasteiger partial charge in [0.05, 0.1) is 0 Å². The Balaban J connectivity index is 1.51. The SMILES string of the molecule is CN=C(NCc1ccc(Oc2cccc(F)c2)nc1)NCc1ccccc1C. The molecule has 2 N–H and O–H groups in total. The van der Waals surface area contributed by atoms with Crippen molar-refractivity contribution in [1.82, 2.24) is 15.6 Å². The summed E-state index contributed by atoms with van der Waals surface area (Å²) in [4.78, 5) is 8.51. The number of rotatable bonds is 6. The van der Waals surface area contributed by atoms with Crippen LogP contribution in [-0.4, -0.2) is 18.0 Å². The summed E-state index contributed by atoms with van der Waals surface area (Å²) in [6.07, 6.45) is 1.72. The minimum atomic E-state index is -0.345. The van der Waals surface area contributed by atoms with Gasteiger partial charge in [-0.3, -0.25) is 4.99 Å². The maximum atomic E-state index is 13.2. The topological polar surface area (TPSA) is 58.5 Å². The molecular formula is C22H23FN4O. The number of ether oxygens (including phenoxy) is 1. The first kappa shape index (κ1) is 19.4. The highest BCUT2D eigenvalue weighted by Crippen LogP contribution is 2.20. The molecule has 28 heavy (non-hydrogen) atoms. The van der Waals surface area contributed by atoms with Gasteiger partial charge in [-0.25, -0.2) is 9.37 Å². The molecule has 0 saturated heterocycles. The summed E-state index contributed by atoms with van der Waals surface area (Å²) in [6, 6.07) is 17.9. The summed E-state index contributed by atoms with van der Waals surface area (Å²) < 4.78 is 18.8.